The van der Waals surface area contributed by atoms with E-state index in [1.807, 2.05) is 30.6 Å². The molecular weight excluding hydrogens is 286 g/mol. The number of aromatic nitrogens is 3. The number of pyridine rings is 1. The first-order valence-electron chi connectivity index (χ1n) is 8.34. The zero-order valence-electron chi connectivity index (χ0n) is 13.1. The van der Waals surface area contributed by atoms with E-state index in [4.69, 9.17) is 0 Å². The van der Waals surface area contributed by atoms with Crippen LogP contribution in [0.4, 0.5) is 0 Å². The van der Waals surface area contributed by atoms with E-state index in [1.54, 1.807) is 0 Å². The van der Waals surface area contributed by atoms with Crippen molar-refractivity contribution in [3.63, 3.8) is 0 Å². The topological polar surface area (TPSA) is 50.9 Å². The summed E-state index contributed by atoms with van der Waals surface area (Å²) in [6, 6.07) is 10.7. The predicted molar refractivity (Wildman–Crippen MR) is 91.0 cm³/mol. The van der Waals surface area contributed by atoms with Crippen molar-refractivity contribution in [3.8, 4) is 11.4 Å². The Balaban J connectivity index is 1.77. The van der Waals surface area contributed by atoms with Crippen molar-refractivity contribution in [3.05, 3.63) is 48.9 Å². The average Bonchev–Trinajstić information content (AvgIpc) is 3.11. The Kier molecular flexibility index (Phi) is 3.83. The predicted octanol–water partition coefficient (Wildman–Crippen LogP) is 3.82. The van der Waals surface area contributed by atoms with Gasteiger partial charge in [-0.2, -0.15) is 0 Å². The van der Waals surface area contributed by atoms with Gasteiger partial charge in [-0.1, -0.05) is 24.6 Å². The van der Waals surface area contributed by atoms with Crippen LogP contribution in [-0.2, 0) is 0 Å². The first-order chi connectivity index (χ1) is 11.4. The lowest BCUT2D eigenvalue weighted by atomic mass is 9.86. The van der Waals surface area contributed by atoms with Crippen molar-refractivity contribution in [2.24, 2.45) is 5.92 Å². The fourth-order valence-electron chi connectivity index (χ4n) is 3.80. The Hall–Kier alpha value is -2.20. The number of nitrogens with zero attached hydrogens (tertiary/aromatic N) is 3. The third-order valence-electron chi connectivity index (χ3n) is 4.96. The summed E-state index contributed by atoms with van der Waals surface area (Å²) in [6.45, 7) is 0.290. The molecule has 0 unspecified atom stereocenters. The minimum absolute atomic E-state index is 0.290. The van der Waals surface area contributed by atoms with Crippen molar-refractivity contribution in [2.75, 3.05) is 6.61 Å². The molecule has 3 aromatic rings. The van der Waals surface area contributed by atoms with Gasteiger partial charge in [0.25, 0.3) is 0 Å². The van der Waals surface area contributed by atoms with E-state index in [1.165, 1.54) is 6.42 Å². The fourth-order valence-corrected chi connectivity index (χ4v) is 3.80. The van der Waals surface area contributed by atoms with Gasteiger partial charge >= 0.3 is 0 Å². The van der Waals surface area contributed by atoms with E-state index in [9.17, 15) is 5.11 Å². The van der Waals surface area contributed by atoms with Crippen molar-refractivity contribution in [1.82, 2.24) is 14.5 Å². The molecule has 1 aliphatic rings. The van der Waals surface area contributed by atoms with E-state index in [0.717, 1.165) is 41.6 Å². The highest BCUT2D eigenvalue weighted by Gasteiger charge is 2.24. The molecule has 2 aromatic heterocycles. The molecule has 2 heterocycles. The van der Waals surface area contributed by atoms with Crippen LogP contribution in [0, 0.1) is 5.92 Å². The number of hydrogen-bond donors (Lipinski definition) is 1. The van der Waals surface area contributed by atoms with Crippen LogP contribution in [0.15, 0.2) is 48.9 Å². The van der Waals surface area contributed by atoms with Gasteiger partial charge in [-0.3, -0.25) is 4.98 Å². The molecule has 1 fully saturated rings. The summed E-state index contributed by atoms with van der Waals surface area (Å²) in [4.78, 5) is 9.08. The number of imidazole rings is 1. The average molecular weight is 307 g/mol. The molecule has 0 amide bonds. The lowest BCUT2D eigenvalue weighted by Gasteiger charge is -2.30. The Morgan fingerprint density at radius 1 is 1.09 bits per heavy atom. The molecule has 4 rings (SSSR count). The highest BCUT2D eigenvalue weighted by molar-refractivity contribution is 5.92. The molecule has 0 spiro atoms. The first kappa shape index (κ1) is 14.4. The molecule has 0 aliphatic heterocycles. The quantitative estimate of drug-likeness (QED) is 0.800. The van der Waals surface area contributed by atoms with Crippen molar-refractivity contribution in [1.29, 1.82) is 0 Å². The van der Waals surface area contributed by atoms with Crippen LogP contribution in [0.2, 0.25) is 0 Å². The summed E-state index contributed by atoms with van der Waals surface area (Å²) in [5.41, 5.74) is 2.13. The maximum Gasteiger partial charge on any atom is 0.140 e. The number of benzene rings is 1. The first-order valence-corrected chi connectivity index (χ1v) is 8.34. The van der Waals surface area contributed by atoms with Gasteiger partial charge in [0, 0.05) is 42.2 Å². The molecule has 4 heteroatoms. The lowest BCUT2D eigenvalue weighted by Crippen LogP contribution is -2.21. The van der Waals surface area contributed by atoms with Gasteiger partial charge < -0.3 is 9.67 Å². The number of fused-ring (bicyclic) bond motifs is 1. The third-order valence-corrected chi connectivity index (χ3v) is 4.96. The molecule has 1 N–H and O–H groups in total. The maximum atomic E-state index is 9.50. The fraction of sp³-hybridized carbons (Fsp3) is 0.368. The highest BCUT2D eigenvalue weighted by atomic mass is 16.3. The van der Waals surface area contributed by atoms with Crippen LogP contribution in [-0.4, -0.2) is 26.2 Å². The second kappa shape index (κ2) is 6.13. The molecule has 1 aliphatic carbocycles. The molecule has 1 aromatic carbocycles. The number of aliphatic hydroxyl groups is 1. The van der Waals surface area contributed by atoms with Gasteiger partial charge in [0.2, 0.25) is 0 Å². The van der Waals surface area contributed by atoms with Gasteiger partial charge in [-0.25, -0.2) is 4.98 Å². The summed E-state index contributed by atoms with van der Waals surface area (Å²) in [5, 5.41) is 10.6. The van der Waals surface area contributed by atoms with Crippen molar-refractivity contribution >= 4 is 10.9 Å². The van der Waals surface area contributed by atoms with E-state index in [-0.39, 0.29) is 0 Å². The molecule has 0 bridgehead atoms. The summed E-state index contributed by atoms with van der Waals surface area (Å²) < 4.78 is 2.30. The molecule has 4 nitrogen and oxygen atoms in total. The monoisotopic (exact) mass is 307 g/mol. The van der Waals surface area contributed by atoms with Gasteiger partial charge in [-0.15, -0.1) is 0 Å². The summed E-state index contributed by atoms with van der Waals surface area (Å²) in [5.74, 6) is 1.42. The summed E-state index contributed by atoms with van der Waals surface area (Å²) >= 11 is 0. The summed E-state index contributed by atoms with van der Waals surface area (Å²) in [6.07, 6.45) is 10.3. The van der Waals surface area contributed by atoms with Crippen molar-refractivity contribution in [2.45, 2.75) is 31.7 Å². The van der Waals surface area contributed by atoms with Crippen LogP contribution < -0.4 is 0 Å². The smallest absolute Gasteiger partial charge is 0.140 e. The molecule has 23 heavy (non-hydrogen) atoms. The van der Waals surface area contributed by atoms with Gasteiger partial charge in [0.05, 0.1) is 5.52 Å². The van der Waals surface area contributed by atoms with E-state index >= 15 is 0 Å². The van der Waals surface area contributed by atoms with E-state index < -0.39 is 0 Å². The number of rotatable bonds is 3. The second-order valence-electron chi connectivity index (χ2n) is 6.40. The van der Waals surface area contributed by atoms with Crippen LogP contribution in [0.25, 0.3) is 22.3 Å². The van der Waals surface area contributed by atoms with Crippen LogP contribution in [0.5, 0.6) is 0 Å². The highest BCUT2D eigenvalue weighted by Crippen LogP contribution is 2.36. The molecule has 0 saturated heterocycles. The van der Waals surface area contributed by atoms with Gasteiger partial charge in [0.1, 0.15) is 5.82 Å². The van der Waals surface area contributed by atoms with Crippen LogP contribution in [0.1, 0.15) is 31.7 Å². The molecule has 1 saturated carbocycles. The Morgan fingerprint density at radius 2 is 2.04 bits per heavy atom. The minimum atomic E-state index is 0.290. The zero-order valence-corrected chi connectivity index (χ0v) is 13.1. The molecular formula is C19H21N3O. The van der Waals surface area contributed by atoms with Gasteiger partial charge in [-0.05, 0) is 37.3 Å². The SMILES string of the molecule is OC[C@@H]1CCC[C@H](n2ccnc2-c2cccc3ncccc23)C1. The largest absolute Gasteiger partial charge is 0.396 e. The zero-order chi connectivity index (χ0) is 15.6. The number of aliphatic hydroxyl groups excluding tert-OH is 1. The molecule has 2 atom stereocenters. The lowest BCUT2D eigenvalue weighted by molar-refractivity contribution is 0.163. The van der Waals surface area contributed by atoms with Gasteiger partial charge in [0.15, 0.2) is 0 Å². The Morgan fingerprint density at radius 3 is 2.96 bits per heavy atom. The van der Waals surface area contributed by atoms with Crippen molar-refractivity contribution < 1.29 is 5.11 Å². The maximum absolute atomic E-state index is 9.50. The molecule has 0 radical (unpaired) electrons. The standard InChI is InChI=1S/C19H21N3O/c23-13-14-4-1-5-15(12-14)22-11-10-21-19(22)17-6-2-8-18-16(17)7-3-9-20-18/h2-3,6-11,14-15,23H,1,4-5,12-13H2/t14-,15+/m1/s1. The number of hydrogen-bond acceptors (Lipinski definition) is 3. The Labute approximate surface area is 135 Å². The molecule has 118 valence electrons. The van der Waals surface area contributed by atoms with Crippen LogP contribution in [0.3, 0.4) is 0 Å². The van der Waals surface area contributed by atoms with E-state index in [2.05, 4.69) is 32.9 Å². The minimum Gasteiger partial charge on any atom is -0.396 e. The second-order valence-corrected chi connectivity index (χ2v) is 6.40. The summed E-state index contributed by atoms with van der Waals surface area (Å²) in [7, 11) is 0. The van der Waals surface area contributed by atoms with E-state index in [0.29, 0.717) is 18.6 Å². The Bertz CT molecular complexity index is 806. The normalized spacial score (nSPS) is 21.6. The third kappa shape index (κ3) is 2.63. The van der Waals surface area contributed by atoms with Crippen LogP contribution >= 0.6 is 0 Å².